The molecule has 0 spiro atoms. The van der Waals surface area contributed by atoms with Gasteiger partial charge in [0.15, 0.2) is 5.82 Å². The monoisotopic (exact) mass is 576 g/mol. The van der Waals surface area contributed by atoms with Crippen LogP contribution in [-0.4, -0.2) is 29.4 Å². The van der Waals surface area contributed by atoms with Crippen LogP contribution in [0.4, 0.5) is 4.39 Å². The van der Waals surface area contributed by atoms with Crippen molar-refractivity contribution in [3.8, 4) is 34.0 Å². The molecule has 0 saturated heterocycles. The second-order valence-electron chi connectivity index (χ2n) is 11.5. The molecule has 1 unspecified atom stereocenters. The van der Waals surface area contributed by atoms with Crippen LogP contribution in [0.25, 0.3) is 22.5 Å². The molecule has 0 fully saturated rings. The van der Waals surface area contributed by atoms with E-state index in [0.29, 0.717) is 18.0 Å². The van der Waals surface area contributed by atoms with Crippen molar-refractivity contribution in [2.45, 2.75) is 123 Å². The Bertz CT molecular complexity index is 1070. The number of halogens is 1. The summed E-state index contributed by atoms with van der Waals surface area (Å²) in [5.41, 5.74) is 2.92. The predicted octanol–water partition coefficient (Wildman–Crippen LogP) is 11.2. The molecule has 2 aromatic carbocycles. The fraction of sp³-hybridized carbons (Fsp3) is 0.568. The van der Waals surface area contributed by atoms with Gasteiger partial charge in [-0.25, -0.2) is 14.4 Å². The van der Waals surface area contributed by atoms with Crippen LogP contribution >= 0.6 is 0 Å². The third kappa shape index (κ3) is 13.4. The smallest absolute Gasteiger partial charge is 0.159 e. The predicted molar refractivity (Wildman–Crippen MR) is 174 cm³/mol. The first-order valence-corrected chi connectivity index (χ1v) is 16.6. The number of unbranched alkanes of at least 4 members (excludes halogenated alkanes) is 13. The lowest BCUT2D eigenvalue weighted by molar-refractivity contribution is 0.184. The summed E-state index contributed by atoms with van der Waals surface area (Å²) in [6, 6.07) is 15.7. The van der Waals surface area contributed by atoms with E-state index in [0.717, 1.165) is 48.3 Å². The summed E-state index contributed by atoms with van der Waals surface area (Å²) < 4.78 is 25.9. The number of alkyl halides is 1. The van der Waals surface area contributed by atoms with Gasteiger partial charge in [-0.05, 0) is 54.8 Å². The third-order valence-corrected chi connectivity index (χ3v) is 7.77. The largest absolute Gasteiger partial charge is 0.494 e. The summed E-state index contributed by atoms with van der Waals surface area (Å²) in [5.74, 6) is 2.22. The van der Waals surface area contributed by atoms with E-state index in [2.05, 4.69) is 35.9 Å². The summed E-state index contributed by atoms with van der Waals surface area (Å²) in [5, 5.41) is 0. The van der Waals surface area contributed by atoms with E-state index < -0.39 is 6.17 Å². The first kappa shape index (κ1) is 33.6. The topological polar surface area (TPSA) is 44.2 Å². The van der Waals surface area contributed by atoms with E-state index in [9.17, 15) is 4.39 Å². The summed E-state index contributed by atoms with van der Waals surface area (Å²) in [7, 11) is 0. The molecule has 0 amide bonds. The molecule has 0 aliphatic rings. The van der Waals surface area contributed by atoms with Crippen LogP contribution in [-0.2, 0) is 0 Å². The van der Waals surface area contributed by atoms with Crippen LogP contribution in [0.2, 0.25) is 0 Å². The minimum absolute atomic E-state index is 0.101. The average Bonchev–Trinajstić information content (AvgIpc) is 3.03. The molecule has 0 aliphatic carbocycles. The summed E-state index contributed by atoms with van der Waals surface area (Å²) in [6.45, 7) is 5.35. The van der Waals surface area contributed by atoms with E-state index in [-0.39, 0.29) is 6.61 Å². The van der Waals surface area contributed by atoms with Gasteiger partial charge in [-0.1, -0.05) is 116 Å². The van der Waals surface area contributed by atoms with Crippen LogP contribution < -0.4 is 9.47 Å². The Morgan fingerprint density at radius 2 is 1.02 bits per heavy atom. The molecule has 0 radical (unpaired) electrons. The molecule has 1 heterocycles. The number of rotatable bonds is 23. The van der Waals surface area contributed by atoms with Gasteiger partial charge in [-0.15, -0.1) is 0 Å². The number of aromatic nitrogens is 2. The molecule has 3 rings (SSSR count). The highest BCUT2D eigenvalue weighted by Crippen LogP contribution is 2.24. The molecule has 4 nitrogen and oxygen atoms in total. The Balaban J connectivity index is 1.35. The lowest BCUT2D eigenvalue weighted by atomic mass is 10.1. The summed E-state index contributed by atoms with van der Waals surface area (Å²) >= 11 is 0. The second kappa shape index (κ2) is 20.9. The van der Waals surface area contributed by atoms with Crippen molar-refractivity contribution >= 4 is 0 Å². The number of benzene rings is 2. The standard InChI is InChI=1S/C37H53FN2O2/c1-3-5-7-9-11-13-15-17-27-41-35-23-19-31(20-24-35)33-28-39-37(40-29-33)32-21-25-36(26-22-32)42-30-34(38)18-16-14-12-10-8-6-4-2/h19-26,28-29,34H,3-18,27,30H2,1-2H3. The SMILES string of the molecule is CCCCCCCCCCOc1ccc(-c2cnc(-c3ccc(OCC(F)CCCCCCCCC)cc3)nc2)cc1. The Hall–Kier alpha value is -2.95. The van der Waals surface area contributed by atoms with Gasteiger partial charge in [0.25, 0.3) is 0 Å². The number of nitrogens with zero attached hydrogens (tertiary/aromatic N) is 2. The maximum absolute atomic E-state index is 14.2. The zero-order valence-electron chi connectivity index (χ0n) is 26.2. The normalized spacial score (nSPS) is 11.9. The fourth-order valence-electron chi connectivity index (χ4n) is 5.09. The molecule has 230 valence electrons. The van der Waals surface area contributed by atoms with Crippen molar-refractivity contribution in [3.63, 3.8) is 0 Å². The minimum atomic E-state index is -0.924. The van der Waals surface area contributed by atoms with E-state index in [4.69, 9.17) is 9.47 Å². The quantitative estimate of drug-likeness (QED) is 0.105. The van der Waals surface area contributed by atoms with E-state index in [1.54, 1.807) is 0 Å². The molecule has 0 N–H and O–H groups in total. The lowest BCUT2D eigenvalue weighted by Gasteiger charge is -2.11. The Labute approximate surface area is 254 Å². The average molecular weight is 577 g/mol. The molecule has 1 atom stereocenters. The highest BCUT2D eigenvalue weighted by atomic mass is 19.1. The molecule has 0 aliphatic heterocycles. The van der Waals surface area contributed by atoms with Gasteiger partial charge in [0.2, 0.25) is 0 Å². The van der Waals surface area contributed by atoms with Crippen molar-refractivity contribution in [3.05, 3.63) is 60.9 Å². The van der Waals surface area contributed by atoms with Crippen LogP contribution in [0.1, 0.15) is 117 Å². The van der Waals surface area contributed by atoms with Gasteiger partial charge >= 0.3 is 0 Å². The first-order chi connectivity index (χ1) is 20.7. The van der Waals surface area contributed by atoms with Crippen molar-refractivity contribution in [1.29, 1.82) is 0 Å². The molecule has 5 heteroatoms. The highest BCUT2D eigenvalue weighted by molar-refractivity contribution is 5.64. The van der Waals surface area contributed by atoms with E-state index >= 15 is 0 Å². The lowest BCUT2D eigenvalue weighted by Crippen LogP contribution is -2.12. The van der Waals surface area contributed by atoms with Gasteiger partial charge in [0.05, 0.1) is 6.61 Å². The molecular formula is C37H53FN2O2. The third-order valence-electron chi connectivity index (χ3n) is 7.77. The van der Waals surface area contributed by atoms with Gasteiger partial charge in [0, 0.05) is 23.5 Å². The molecule has 1 aromatic heterocycles. The van der Waals surface area contributed by atoms with Crippen LogP contribution in [0, 0.1) is 0 Å². The molecule has 42 heavy (non-hydrogen) atoms. The van der Waals surface area contributed by atoms with Gasteiger partial charge in [-0.3, -0.25) is 0 Å². The van der Waals surface area contributed by atoms with E-state index in [1.165, 1.54) is 77.0 Å². The van der Waals surface area contributed by atoms with Crippen molar-refractivity contribution in [1.82, 2.24) is 9.97 Å². The van der Waals surface area contributed by atoms with Crippen molar-refractivity contribution < 1.29 is 13.9 Å². The Kier molecular flexibility index (Phi) is 16.7. The number of hydrogen-bond acceptors (Lipinski definition) is 4. The van der Waals surface area contributed by atoms with Crippen LogP contribution in [0.15, 0.2) is 60.9 Å². The Morgan fingerprint density at radius 1 is 0.548 bits per heavy atom. The van der Waals surface area contributed by atoms with Crippen molar-refractivity contribution in [2.75, 3.05) is 13.2 Å². The number of ether oxygens (including phenoxy) is 2. The maximum Gasteiger partial charge on any atom is 0.159 e. The van der Waals surface area contributed by atoms with Gasteiger partial charge < -0.3 is 9.47 Å². The zero-order chi connectivity index (χ0) is 29.7. The van der Waals surface area contributed by atoms with Gasteiger partial charge in [-0.2, -0.15) is 0 Å². The Morgan fingerprint density at radius 3 is 1.60 bits per heavy atom. The molecule has 3 aromatic rings. The summed E-state index contributed by atoms with van der Waals surface area (Å²) in [6.07, 6.45) is 22.1. The molecule has 0 saturated carbocycles. The summed E-state index contributed by atoms with van der Waals surface area (Å²) in [4.78, 5) is 9.15. The first-order valence-electron chi connectivity index (χ1n) is 16.6. The maximum atomic E-state index is 14.2. The zero-order valence-corrected chi connectivity index (χ0v) is 26.2. The molecule has 0 bridgehead atoms. The van der Waals surface area contributed by atoms with Crippen molar-refractivity contribution in [2.24, 2.45) is 0 Å². The minimum Gasteiger partial charge on any atom is -0.494 e. The number of hydrogen-bond donors (Lipinski definition) is 0. The molecular weight excluding hydrogens is 523 g/mol. The van der Waals surface area contributed by atoms with Crippen LogP contribution in [0.5, 0.6) is 11.5 Å². The van der Waals surface area contributed by atoms with Crippen LogP contribution in [0.3, 0.4) is 0 Å². The second-order valence-corrected chi connectivity index (χ2v) is 11.5. The highest BCUT2D eigenvalue weighted by Gasteiger charge is 2.09. The van der Waals surface area contributed by atoms with Gasteiger partial charge in [0.1, 0.15) is 24.3 Å². The fourth-order valence-corrected chi connectivity index (χ4v) is 5.09. The van der Waals surface area contributed by atoms with E-state index in [1.807, 2.05) is 48.8 Å².